The number of carboxylic acids is 1. The molecule has 0 unspecified atom stereocenters. The molecule has 3 heterocycles. The smallest absolute Gasteiger partial charge is 0.487 e. The second kappa shape index (κ2) is 13.1. The molecule has 0 spiro atoms. The van der Waals surface area contributed by atoms with E-state index in [1.54, 1.807) is 11.8 Å². The summed E-state index contributed by atoms with van der Waals surface area (Å²) >= 11 is 0. The molecule has 14 heteroatoms. The summed E-state index contributed by atoms with van der Waals surface area (Å²) in [6, 6.07) is 3.61. The van der Waals surface area contributed by atoms with E-state index in [0.717, 1.165) is 35.5 Å². The Bertz CT molecular complexity index is 1200. The Kier molecular flexibility index (Phi) is 10.1. The van der Waals surface area contributed by atoms with Gasteiger partial charge < -0.3 is 25.0 Å². The van der Waals surface area contributed by atoms with Crippen LogP contribution in [0.15, 0.2) is 18.2 Å². The minimum Gasteiger partial charge on any atom is -0.487 e. The quantitative estimate of drug-likeness (QED) is 0.485. The van der Waals surface area contributed by atoms with Gasteiger partial charge in [0.15, 0.2) is 23.2 Å². The van der Waals surface area contributed by atoms with Gasteiger partial charge in [0.25, 0.3) is 0 Å². The monoisotopic (exact) mass is 573 g/mol. The summed E-state index contributed by atoms with van der Waals surface area (Å²) in [4.78, 5) is 34.6. The third kappa shape index (κ3) is 8.15. The van der Waals surface area contributed by atoms with E-state index in [9.17, 15) is 26.7 Å². The maximum atomic E-state index is 14.0. The van der Waals surface area contributed by atoms with E-state index in [1.807, 2.05) is 0 Å². The number of amides is 1. The molecule has 2 aliphatic rings. The zero-order chi connectivity index (χ0) is 29.6. The van der Waals surface area contributed by atoms with Gasteiger partial charge in [0.2, 0.25) is 5.91 Å². The Morgan fingerprint density at radius 3 is 2.35 bits per heavy atom. The van der Waals surface area contributed by atoms with Crippen molar-refractivity contribution in [1.29, 1.82) is 0 Å². The van der Waals surface area contributed by atoms with Gasteiger partial charge >= 0.3 is 12.1 Å². The lowest BCUT2D eigenvalue weighted by Crippen LogP contribution is -2.40. The number of rotatable bonds is 6. The number of benzene rings is 1. The molecule has 40 heavy (non-hydrogen) atoms. The number of halogens is 5. The number of hydrogen-bond acceptors (Lipinski definition) is 7. The second-order valence-corrected chi connectivity index (χ2v) is 9.62. The molecular weight excluding hydrogens is 541 g/mol. The number of nitrogens with one attached hydrogen (secondary N) is 1. The Labute approximate surface area is 228 Å². The molecule has 1 saturated heterocycles. The first-order valence-corrected chi connectivity index (χ1v) is 12.9. The number of ether oxygens (including phenoxy) is 1. The van der Waals surface area contributed by atoms with Gasteiger partial charge in [-0.2, -0.15) is 13.2 Å². The number of anilines is 2. The summed E-state index contributed by atoms with van der Waals surface area (Å²) in [7, 11) is 0. The molecule has 0 bridgehead atoms. The van der Waals surface area contributed by atoms with E-state index in [1.165, 1.54) is 12.1 Å². The third-order valence-electron chi connectivity index (χ3n) is 6.60. The van der Waals surface area contributed by atoms with Gasteiger partial charge in [0.05, 0.1) is 17.9 Å². The zero-order valence-corrected chi connectivity index (χ0v) is 22.4. The number of aromatic nitrogens is 2. The van der Waals surface area contributed by atoms with Gasteiger partial charge in [-0.15, -0.1) is 0 Å². The summed E-state index contributed by atoms with van der Waals surface area (Å²) < 4.78 is 64.7. The fourth-order valence-electron chi connectivity index (χ4n) is 4.18. The predicted octanol–water partition coefficient (Wildman–Crippen LogP) is 4.55. The Morgan fingerprint density at radius 2 is 1.80 bits per heavy atom. The number of fused-ring (bicyclic) bond motifs is 1. The first-order valence-electron chi connectivity index (χ1n) is 12.9. The van der Waals surface area contributed by atoms with Gasteiger partial charge in [0.1, 0.15) is 11.9 Å². The Morgan fingerprint density at radius 1 is 1.15 bits per heavy atom. The molecule has 1 amide bonds. The van der Waals surface area contributed by atoms with Crippen molar-refractivity contribution in [2.75, 3.05) is 29.9 Å². The number of carbonyl (C=O) groups excluding carboxylic acids is 1. The van der Waals surface area contributed by atoms with E-state index >= 15 is 0 Å². The van der Waals surface area contributed by atoms with E-state index in [0.29, 0.717) is 45.4 Å². The maximum absolute atomic E-state index is 14.0. The molecule has 2 N–H and O–H groups in total. The minimum absolute atomic E-state index is 0.0441. The van der Waals surface area contributed by atoms with Crippen molar-refractivity contribution in [2.24, 2.45) is 0 Å². The van der Waals surface area contributed by atoms with E-state index in [2.05, 4.69) is 24.1 Å². The standard InChI is InChI=1S/C24H31F2N5O2.C2HF3O2/c1-4-15(2)27-23-24(29-20-9-12-31(16(3)32)14-21(20)28-23)30-10-7-18(8-11-30)33-22-6-5-17(25)13-19(22)26;3-2(4,5)1(6)7/h5-6,13,15,18H,4,7-12,14H2,1-3H3,(H,27,28);(H,6,7)/t15-;/m1./s1. The van der Waals surface area contributed by atoms with Crippen LogP contribution in [-0.2, 0) is 22.6 Å². The summed E-state index contributed by atoms with van der Waals surface area (Å²) in [6.45, 7) is 8.29. The zero-order valence-electron chi connectivity index (χ0n) is 22.4. The Balaban J connectivity index is 0.000000559. The first kappa shape index (κ1) is 30.8. The van der Waals surface area contributed by atoms with Crippen molar-refractivity contribution < 1.29 is 41.4 Å². The molecule has 1 aromatic carbocycles. The van der Waals surface area contributed by atoms with Gasteiger partial charge in [-0.05, 0) is 25.5 Å². The molecular formula is C26H32F5N5O4. The number of aliphatic carboxylic acids is 1. The van der Waals surface area contributed by atoms with Crippen LogP contribution in [0.4, 0.5) is 33.6 Å². The van der Waals surface area contributed by atoms with Crippen LogP contribution in [0.5, 0.6) is 5.75 Å². The first-order chi connectivity index (χ1) is 18.8. The van der Waals surface area contributed by atoms with Crippen LogP contribution in [0, 0.1) is 11.6 Å². The predicted molar refractivity (Wildman–Crippen MR) is 136 cm³/mol. The lowest BCUT2D eigenvalue weighted by atomic mass is 10.1. The SMILES string of the molecule is CC[C@@H](C)Nc1nc2c(nc1N1CCC(Oc3ccc(F)cc3F)CC1)CCN(C(C)=O)C2.O=C(O)C(F)(F)F. The molecule has 220 valence electrons. The fraction of sp³-hybridized carbons (Fsp3) is 0.538. The summed E-state index contributed by atoms with van der Waals surface area (Å²) in [6.07, 6.45) is -2.23. The molecule has 0 saturated carbocycles. The van der Waals surface area contributed by atoms with Crippen LogP contribution in [0.1, 0.15) is 51.4 Å². The van der Waals surface area contributed by atoms with Crippen molar-refractivity contribution in [1.82, 2.24) is 14.9 Å². The summed E-state index contributed by atoms with van der Waals surface area (Å²) in [5.41, 5.74) is 1.78. The summed E-state index contributed by atoms with van der Waals surface area (Å²) in [5.74, 6) is -2.38. The topological polar surface area (TPSA) is 108 Å². The molecule has 1 fully saturated rings. The number of nitrogens with zero attached hydrogens (tertiary/aromatic N) is 4. The van der Waals surface area contributed by atoms with Gasteiger partial charge in [0, 0.05) is 57.9 Å². The highest BCUT2D eigenvalue weighted by Crippen LogP contribution is 2.31. The van der Waals surface area contributed by atoms with Crippen molar-refractivity contribution >= 4 is 23.5 Å². The minimum atomic E-state index is -5.08. The highest BCUT2D eigenvalue weighted by atomic mass is 19.4. The molecule has 2 aliphatic heterocycles. The molecule has 0 aliphatic carbocycles. The fourth-order valence-corrected chi connectivity index (χ4v) is 4.18. The van der Waals surface area contributed by atoms with E-state index in [4.69, 9.17) is 24.6 Å². The van der Waals surface area contributed by atoms with Crippen molar-refractivity contribution in [3.8, 4) is 5.75 Å². The van der Waals surface area contributed by atoms with Gasteiger partial charge in [-0.1, -0.05) is 6.92 Å². The number of carbonyl (C=O) groups is 2. The number of piperidine rings is 1. The average molecular weight is 574 g/mol. The highest BCUT2D eigenvalue weighted by molar-refractivity contribution is 5.74. The molecule has 0 radical (unpaired) electrons. The average Bonchev–Trinajstić information content (AvgIpc) is 2.89. The highest BCUT2D eigenvalue weighted by Gasteiger charge is 2.38. The van der Waals surface area contributed by atoms with E-state index in [-0.39, 0.29) is 23.8 Å². The maximum Gasteiger partial charge on any atom is 0.490 e. The Hall–Kier alpha value is -3.71. The molecule has 1 aromatic heterocycles. The van der Waals surface area contributed by atoms with Crippen LogP contribution in [0.2, 0.25) is 0 Å². The largest absolute Gasteiger partial charge is 0.490 e. The van der Waals surface area contributed by atoms with Crippen LogP contribution < -0.4 is 15.0 Å². The summed E-state index contributed by atoms with van der Waals surface area (Å²) in [5, 5.41) is 10.6. The molecule has 4 rings (SSSR count). The van der Waals surface area contributed by atoms with Crippen LogP contribution in [0.25, 0.3) is 0 Å². The van der Waals surface area contributed by atoms with Crippen LogP contribution >= 0.6 is 0 Å². The molecule has 2 aromatic rings. The molecule has 9 nitrogen and oxygen atoms in total. The number of alkyl halides is 3. The number of hydrogen-bond donors (Lipinski definition) is 2. The third-order valence-corrected chi connectivity index (χ3v) is 6.60. The lowest BCUT2D eigenvalue weighted by molar-refractivity contribution is -0.192. The van der Waals surface area contributed by atoms with Crippen molar-refractivity contribution in [3.05, 3.63) is 41.2 Å². The molecule has 1 atom stereocenters. The number of carboxylic acid groups (broad SMARTS) is 1. The normalized spacial score (nSPS) is 16.4. The van der Waals surface area contributed by atoms with Crippen molar-refractivity contribution in [3.63, 3.8) is 0 Å². The van der Waals surface area contributed by atoms with Gasteiger partial charge in [-0.25, -0.2) is 23.5 Å². The van der Waals surface area contributed by atoms with Gasteiger partial charge in [-0.3, -0.25) is 4.79 Å². The second-order valence-electron chi connectivity index (χ2n) is 9.62. The van der Waals surface area contributed by atoms with E-state index < -0.39 is 23.8 Å². The van der Waals surface area contributed by atoms with Crippen molar-refractivity contribution in [2.45, 2.75) is 71.3 Å². The van der Waals surface area contributed by atoms with Crippen LogP contribution in [0.3, 0.4) is 0 Å². The lowest BCUT2D eigenvalue weighted by Gasteiger charge is -2.35. The van der Waals surface area contributed by atoms with Crippen LogP contribution in [-0.4, -0.2) is 69.8 Å².